The molecule has 1 N–H and O–H groups in total. The van der Waals surface area contributed by atoms with Crippen LogP contribution in [0, 0.1) is 0 Å². The van der Waals surface area contributed by atoms with E-state index in [9.17, 15) is 4.79 Å². The summed E-state index contributed by atoms with van der Waals surface area (Å²) in [5.74, 6) is 0.985. The molecule has 1 atom stereocenters. The fourth-order valence-corrected chi connectivity index (χ4v) is 2.47. The van der Waals surface area contributed by atoms with Crippen molar-refractivity contribution in [3.63, 3.8) is 0 Å². The minimum atomic E-state index is -0.504. The standard InChI is InChI=1S/C13H16BrNO4/c1-3-4-15-11(13(16)17-2)8-5-9(14)12-10(6-8)18-7-19-12/h5-6,11,15H,3-4,7H2,1-2H3. The summed E-state index contributed by atoms with van der Waals surface area (Å²) in [7, 11) is 1.38. The van der Waals surface area contributed by atoms with Crippen LogP contribution in [0.3, 0.4) is 0 Å². The van der Waals surface area contributed by atoms with E-state index in [1.165, 1.54) is 7.11 Å². The molecule has 0 aromatic heterocycles. The number of rotatable bonds is 5. The molecular formula is C13H16BrNO4. The maximum Gasteiger partial charge on any atom is 0.327 e. The molecule has 1 aromatic carbocycles. The van der Waals surface area contributed by atoms with Gasteiger partial charge in [-0.25, -0.2) is 4.79 Å². The van der Waals surface area contributed by atoms with E-state index in [1.54, 1.807) is 6.07 Å². The Kier molecular flexibility index (Phi) is 4.66. The number of carbonyl (C=O) groups excluding carboxylic acids is 1. The number of esters is 1. The zero-order valence-electron chi connectivity index (χ0n) is 10.9. The van der Waals surface area contributed by atoms with Crippen molar-refractivity contribution in [2.45, 2.75) is 19.4 Å². The van der Waals surface area contributed by atoms with Crippen LogP contribution in [-0.4, -0.2) is 26.4 Å². The number of nitrogens with one attached hydrogen (secondary N) is 1. The predicted molar refractivity (Wildman–Crippen MR) is 73.3 cm³/mol. The highest BCUT2D eigenvalue weighted by Crippen LogP contribution is 2.41. The molecule has 0 amide bonds. The molecule has 1 heterocycles. The molecule has 0 bridgehead atoms. The molecule has 0 fully saturated rings. The van der Waals surface area contributed by atoms with E-state index in [0.717, 1.165) is 23.0 Å². The SMILES string of the molecule is CCCNC(C(=O)OC)c1cc(Br)c2c(c1)OCO2. The lowest BCUT2D eigenvalue weighted by Crippen LogP contribution is -2.30. The van der Waals surface area contributed by atoms with Crippen molar-refractivity contribution in [3.8, 4) is 11.5 Å². The third-order valence-corrected chi connectivity index (χ3v) is 3.41. The van der Waals surface area contributed by atoms with Gasteiger partial charge in [0.2, 0.25) is 6.79 Å². The first-order chi connectivity index (χ1) is 9.17. The number of benzene rings is 1. The van der Waals surface area contributed by atoms with E-state index in [2.05, 4.69) is 21.2 Å². The Bertz CT molecular complexity index is 478. The van der Waals surface area contributed by atoms with Crippen molar-refractivity contribution in [3.05, 3.63) is 22.2 Å². The average Bonchev–Trinajstić information content (AvgIpc) is 2.87. The Hall–Kier alpha value is -1.27. The molecule has 1 unspecified atom stereocenters. The quantitative estimate of drug-likeness (QED) is 0.840. The van der Waals surface area contributed by atoms with Gasteiger partial charge in [-0.05, 0) is 46.6 Å². The number of ether oxygens (including phenoxy) is 3. The van der Waals surface area contributed by atoms with Crippen LogP contribution in [0.25, 0.3) is 0 Å². The maximum atomic E-state index is 11.9. The van der Waals surface area contributed by atoms with Crippen LogP contribution in [0.15, 0.2) is 16.6 Å². The molecule has 0 aliphatic carbocycles. The van der Waals surface area contributed by atoms with E-state index in [1.807, 2.05) is 13.0 Å². The molecule has 0 radical (unpaired) electrons. The largest absolute Gasteiger partial charge is 0.468 e. The van der Waals surface area contributed by atoms with Gasteiger partial charge in [0.05, 0.1) is 11.6 Å². The van der Waals surface area contributed by atoms with Gasteiger partial charge < -0.3 is 19.5 Å². The molecule has 0 saturated heterocycles. The lowest BCUT2D eigenvalue weighted by atomic mass is 10.1. The van der Waals surface area contributed by atoms with Gasteiger partial charge in [-0.3, -0.25) is 0 Å². The Morgan fingerprint density at radius 2 is 2.32 bits per heavy atom. The zero-order valence-corrected chi connectivity index (χ0v) is 12.5. The van der Waals surface area contributed by atoms with Crippen LogP contribution >= 0.6 is 15.9 Å². The highest BCUT2D eigenvalue weighted by atomic mass is 79.9. The van der Waals surface area contributed by atoms with Crippen molar-refractivity contribution in [2.24, 2.45) is 0 Å². The number of fused-ring (bicyclic) bond motifs is 1. The topological polar surface area (TPSA) is 56.8 Å². The van der Waals surface area contributed by atoms with E-state index in [4.69, 9.17) is 14.2 Å². The van der Waals surface area contributed by atoms with Gasteiger partial charge in [-0.15, -0.1) is 0 Å². The highest BCUT2D eigenvalue weighted by molar-refractivity contribution is 9.10. The van der Waals surface area contributed by atoms with E-state index in [0.29, 0.717) is 11.5 Å². The van der Waals surface area contributed by atoms with Gasteiger partial charge in [0.1, 0.15) is 6.04 Å². The normalized spacial score (nSPS) is 14.3. The maximum absolute atomic E-state index is 11.9. The molecule has 5 nitrogen and oxygen atoms in total. The Morgan fingerprint density at radius 1 is 1.53 bits per heavy atom. The Balaban J connectivity index is 2.31. The third-order valence-electron chi connectivity index (χ3n) is 2.82. The van der Waals surface area contributed by atoms with Crippen molar-refractivity contribution >= 4 is 21.9 Å². The van der Waals surface area contributed by atoms with E-state index < -0.39 is 6.04 Å². The molecule has 1 aliphatic heterocycles. The van der Waals surface area contributed by atoms with Crippen LogP contribution in [0.4, 0.5) is 0 Å². The first-order valence-corrected chi connectivity index (χ1v) is 6.87. The van der Waals surface area contributed by atoms with Crippen LogP contribution < -0.4 is 14.8 Å². The molecule has 1 aliphatic rings. The van der Waals surface area contributed by atoms with Gasteiger partial charge in [-0.1, -0.05) is 6.92 Å². The second-order valence-electron chi connectivity index (χ2n) is 4.15. The predicted octanol–water partition coefficient (Wildman–Crippen LogP) is 2.39. The molecule has 19 heavy (non-hydrogen) atoms. The summed E-state index contributed by atoms with van der Waals surface area (Å²) in [6, 6.07) is 3.14. The van der Waals surface area contributed by atoms with E-state index >= 15 is 0 Å². The summed E-state index contributed by atoms with van der Waals surface area (Å²) >= 11 is 3.42. The summed E-state index contributed by atoms with van der Waals surface area (Å²) in [6.07, 6.45) is 0.930. The molecule has 6 heteroatoms. The first-order valence-electron chi connectivity index (χ1n) is 6.07. The fourth-order valence-electron chi connectivity index (χ4n) is 1.90. The summed E-state index contributed by atoms with van der Waals surface area (Å²) in [6.45, 7) is 2.96. The Morgan fingerprint density at radius 3 is 3.00 bits per heavy atom. The highest BCUT2D eigenvalue weighted by Gasteiger charge is 2.25. The van der Waals surface area contributed by atoms with Crippen LogP contribution in [0.1, 0.15) is 24.9 Å². The Labute approximate surface area is 120 Å². The molecule has 2 rings (SSSR count). The second kappa shape index (κ2) is 6.25. The molecule has 104 valence electrons. The van der Waals surface area contributed by atoms with Crippen molar-refractivity contribution in [1.29, 1.82) is 0 Å². The lowest BCUT2D eigenvalue weighted by Gasteiger charge is -2.17. The van der Waals surface area contributed by atoms with E-state index in [-0.39, 0.29) is 12.8 Å². The minimum Gasteiger partial charge on any atom is -0.468 e. The third kappa shape index (κ3) is 3.01. The average molecular weight is 330 g/mol. The van der Waals surface area contributed by atoms with Gasteiger partial charge >= 0.3 is 5.97 Å². The van der Waals surface area contributed by atoms with Crippen molar-refractivity contribution in [1.82, 2.24) is 5.32 Å². The summed E-state index contributed by atoms with van der Waals surface area (Å²) < 4.78 is 16.3. The molecule has 0 saturated carbocycles. The number of hydrogen-bond donors (Lipinski definition) is 1. The summed E-state index contributed by atoms with van der Waals surface area (Å²) in [5.41, 5.74) is 0.788. The lowest BCUT2D eigenvalue weighted by molar-refractivity contribution is -0.143. The number of methoxy groups -OCH3 is 1. The van der Waals surface area contributed by atoms with Crippen LogP contribution in [-0.2, 0) is 9.53 Å². The smallest absolute Gasteiger partial charge is 0.327 e. The number of carbonyl (C=O) groups is 1. The van der Waals surface area contributed by atoms with Gasteiger partial charge in [0, 0.05) is 0 Å². The molecule has 0 spiro atoms. The molecule has 1 aromatic rings. The summed E-state index contributed by atoms with van der Waals surface area (Å²) in [5, 5.41) is 3.16. The monoisotopic (exact) mass is 329 g/mol. The fraction of sp³-hybridized carbons (Fsp3) is 0.462. The number of hydrogen-bond acceptors (Lipinski definition) is 5. The van der Waals surface area contributed by atoms with Gasteiger partial charge in [0.25, 0.3) is 0 Å². The summed E-state index contributed by atoms with van der Waals surface area (Å²) in [4.78, 5) is 11.9. The number of halogens is 1. The minimum absolute atomic E-state index is 0.197. The first kappa shape index (κ1) is 14.1. The van der Waals surface area contributed by atoms with Crippen LogP contribution in [0.2, 0.25) is 0 Å². The zero-order chi connectivity index (χ0) is 13.8. The van der Waals surface area contributed by atoms with Crippen LogP contribution in [0.5, 0.6) is 11.5 Å². The van der Waals surface area contributed by atoms with Gasteiger partial charge in [0.15, 0.2) is 11.5 Å². The second-order valence-corrected chi connectivity index (χ2v) is 5.00. The van der Waals surface area contributed by atoms with Crippen molar-refractivity contribution in [2.75, 3.05) is 20.4 Å². The van der Waals surface area contributed by atoms with Gasteiger partial charge in [-0.2, -0.15) is 0 Å². The molecular weight excluding hydrogens is 314 g/mol. The van der Waals surface area contributed by atoms with Crippen molar-refractivity contribution < 1.29 is 19.0 Å².